The number of hydrogen-bond acceptors (Lipinski definition) is 5. The molecule has 0 saturated carbocycles. The molecule has 28 heavy (non-hydrogen) atoms. The fourth-order valence-electron chi connectivity index (χ4n) is 2.96. The fraction of sp³-hybridized carbons (Fsp3) is 0.0909. The van der Waals surface area contributed by atoms with E-state index < -0.39 is 0 Å². The number of carbonyl (C=O) groups is 1. The Hall–Kier alpha value is -3.80. The van der Waals surface area contributed by atoms with E-state index in [9.17, 15) is 4.79 Å². The van der Waals surface area contributed by atoms with Crippen molar-refractivity contribution in [3.63, 3.8) is 0 Å². The van der Waals surface area contributed by atoms with E-state index in [1.165, 1.54) is 0 Å². The average molecular weight is 370 g/mol. The Balaban J connectivity index is 1.78. The summed E-state index contributed by atoms with van der Waals surface area (Å²) in [5.74, 6) is 0.147. The van der Waals surface area contributed by atoms with Gasteiger partial charge in [-0.1, -0.05) is 18.2 Å². The second-order valence-electron chi connectivity index (χ2n) is 6.05. The van der Waals surface area contributed by atoms with Gasteiger partial charge >= 0.3 is 0 Å². The molecular weight excluding hydrogens is 352 g/mol. The average Bonchev–Trinajstić information content (AvgIpc) is 2.75. The van der Waals surface area contributed by atoms with Crippen LogP contribution in [0.2, 0.25) is 0 Å². The Labute approximate surface area is 162 Å². The van der Waals surface area contributed by atoms with Crippen LogP contribution in [-0.4, -0.2) is 27.5 Å². The van der Waals surface area contributed by atoms with E-state index in [0.717, 1.165) is 16.5 Å². The first-order valence-corrected chi connectivity index (χ1v) is 8.95. The molecule has 138 valence electrons. The monoisotopic (exact) mass is 370 g/mol. The Kier molecular flexibility index (Phi) is 4.93. The van der Waals surface area contributed by atoms with E-state index in [1.54, 1.807) is 36.8 Å². The Morgan fingerprint density at radius 1 is 1.04 bits per heavy atom. The van der Waals surface area contributed by atoms with Crippen LogP contribution in [0.3, 0.4) is 0 Å². The van der Waals surface area contributed by atoms with Crippen molar-refractivity contribution in [1.82, 2.24) is 15.0 Å². The first-order valence-electron chi connectivity index (χ1n) is 8.95. The van der Waals surface area contributed by atoms with Crippen LogP contribution in [0.25, 0.3) is 22.2 Å². The molecule has 0 atom stereocenters. The zero-order valence-corrected chi connectivity index (χ0v) is 15.3. The van der Waals surface area contributed by atoms with Crippen molar-refractivity contribution in [1.29, 1.82) is 0 Å². The van der Waals surface area contributed by atoms with Crippen molar-refractivity contribution in [3.8, 4) is 17.1 Å². The maximum Gasteiger partial charge on any atom is 0.256 e. The van der Waals surface area contributed by atoms with Gasteiger partial charge in [-0.3, -0.25) is 9.78 Å². The van der Waals surface area contributed by atoms with Gasteiger partial charge in [-0.25, -0.2) is 9.97 Å². The van der Waals surface area contributed by atoms with Gasteiger partial charge in [0.15, 0.2) is 0 Å². The van der Waals surface area contributed by atoms with Gasteiger partial charge in [-0.15, -0.1) is 0 Å². The molecule has 3 heterocycles. The van der Waals surface area contributed by atoms with Crippen LogP contribution in [0.15, 0.2) is 73.2 Å². The maximum atomic E-state index is 13.1. The van der Waals surface area contributed by atoms with Crippen LogP contribution in [-0.2, 0) is 0 Å². The molecule has 0 aliphatic rings. The third kappa shape index (κ3) is 3.53. The number of benzene rings is 1. The largest absolute Gasteiger partial charge is 0.476 e. The second-order valence-corrected chi connectivity index (χ2v) is 6.05. The lowest BCUT2D eigenvalue weighted by Crippen LogP contribution is -2.14. The molecule has 0 fully saturated rings. The van der Waals surface area contributed by atoms with Crippen molar-refractivity contribution in [2.24, 2.45) is 0 Å². The number of anilines is 1. The summed E-state index contributed by atoms with van der Waals surface area (Å²) >= 11 is 0. The first-order chi connectivity index (χ1) is 13.8. The van der Waals surface area contributed by atoms with Gasteiger partial charge in [0.05, 0.1) is 23.4 Å². The second kappa shape index (κ2) is 7.84. The molecule has 4 rings (SSSR count). The summed E-state index contributed by atoms with van der Waals surface area (Å²) in [5, 5.41) is 3.69. The number of para-hydroxylation sites is 1. The van der Waals surface area contributed by atoms with E-state index in [2.05, 4.69) is 15.3 Å². The molecule has 0 aliphatic carbocycles. The number of hydrogen-bond donors (Lipinski definition) is 1. The lowest BCUT2D eigenvalue weighted by atomic mass is 10.0. The van der Waals surface area contributed by atoms with Gasteiger partial charge < -0.3 is 10.1 Å². The summed E-state index contributed by atoms with van der Waals surface area (Å²) in [6.45, 7) is 2.34. The summed E-state index contributed by atoms with van der Waals surface area (Å²) in [4.78, 5) is 26.1. The van der Waals surface area contributed by atoms with Crippen molar-refractivity contribution in [3.05, 3.63) is 78.8 Å². The van der Waals surface area contributed by atoms with Gasteiger partial charge in [0.1, 0.15) is 5.69 Å². The number of ether oxygens (including phenoxy) is 1. The molecule has 0 aliphatic heterocycles. The quantitative estimate of drug-likeness (QED) is 0.565. The molecule has 0 spiro atoms. The third-order valence-electron chi connectivity index (χ3n) is 4.24. The lowest BCUT2D eigenvalue weighted by molar-refractivity contribution is 0.102. The molecule has 0 unspecified atom stereocenters. The molecule has 1 N–H and O–H groups in total. The third-order valence-corrected chi connectivity index (χ3v) is 4.24. The van der Waals surface area contributed by atoms with Crippen molar-refractivity contribution in [2.75, 3.05) is 11.9 Å². The van der Waals surface area contributed by atoms with Crippen LogP contribution >= 0.6 is 0 Å². The molecular formula is C22H18N4O2. The SMILES string of the molecule is CCOc1ncccc1NC(=O)c1cc(-c2ccncc2)nc2ccccc12. The Bertz CT molecular complexity index is 1130. The smallest absolute Gasteiger partial charge is 0.256 e. The summed E-state index contributed by atoms with van der Waals surface area (Å²) < 4.78 is 5.51. The van der Waals surface area contributed by atoms with E-state index in [-0.39, 0.29) is 5.91 Å². The van der Waals surface area contributed by atoms with Gasteiger partial charge in [0.2, 0.25) is 5.88 Å². The lowest BCUT2D eigenvalue weighted by Gasteiger charge is -2.12. The summed E-state index contributed by atoms with van der Waals surface area (Å²) in [6, 6.07) is 16.6. The summed E-state index contributed by atoms with van der Waals surface area (Å²) in [5.41, 5.74) is 3.41. The van der Waals surface area contributed by atoms with Crippen LogP contribution in [0.4, 0.5) is 5.69 Å². The number of carbonyl (C=O) groups excluding carboxylic acids is 1. The standard InChI is InChI=1S/C22H18N4O2/c1-2-28-22-19(8-5-11-24-22)26-21(27)17-14-20(15-9-12-23-13-10-15)25-18-7-4-3-6-16(17)18/h3-14H,2H2,1H3,(H,26,27). The number of pyridine rings is 3. The summed E-state index contributed by atoms with van der Waals surface area (Å²) in [6.07, 6.45) is 5.04. The molecule has 6 nitrogen and oxygen atoms in total. The molecule has 4 aromatic rings. The predicted octanol–water partition coefficient (Wildman–Crippen LogP) is 4.34. The van der Waals surface area contributed by atoms with E-state index in [4.69, 9.17) is 9.72 Å². The normalized spacial score (nSPS) is 10.6. The molecule has 0 bridgehead atoms. The number of nitrogens with one attached hydrogen (secondary N) is 1. The highest BCUT2D eigenvalue weighted by Crippen LogP contribution is 2.27. The van der Waals surface area contributed by atoms with E-state index in [1.807, 2.05) is 43.3 Å². The van der Waals surface area contributed by atoms with Crippen molar-refractivity contribution >= 4 is 22.5 Å². The minimum atomic E-state index is -0.247. The summed E-state index contributed by atoms with van der Waals surface area (Å²) in [7, 11) is 0. The van der Waals surface area contributed by atoms with Gasteiger partial charge in [0, 0.05) is 29.5 Å². The van der Waals surface area contributed by atoms with Gasteiger partial charge in [-0.2, -0.15) is 0 Å². The van der Waals surface area contributed by atoms with Crippen LogP contribution in [0.5, 0.6) is 5.88 Å². The molecule has 1 aromatic carbocycles. The number of fused-ring (bicyclic) bond motifs is 1. The minimum Gasteiger partial charge on any atom is -0.476 e. The number of rotatable bonds is 5. The highest BCUT2D eigenvalue weighted by molar-refractivity contribution is 6.13. The highest BCUT2D eigenvalue weighted by atomic mass is 16.5. The zero-order chi connectivity index (χ0) is 19.3. The maximum absolute atomic E-state index is 13.1. The molecule has 3 aromatic heterocycles. The number of aromatic nitrogens is 3. The number of nitrogens with zero attached hydrogens (tertiary/aromatic N) is 3. The highest BCUT2D eigenvalue weighted by Gasteiger charge is 2.16. The molecule has 1 amide bonds. The van der Waals surface area contributed by atoms with Crippen LogP contribution in [0, 0.1) is 0 Å². The Morgan fingerprint density at radius 2 is 1.86 bits per heavy atom. The predicted molar refractivity (Wildman–Crippen MR) is 108 cm³/mol. The Morgan fingerprint density at radius 3 is 2.68 bits per heavy atom. The molecule has 0 radical (unpaired) electrons. The molecule has 0 saturated heterocycles. The fourth-order valence-corrected chi connectivity index (χ4v) is 2.96. The van der Waals surface area contributed by atoms with Gasteiger partial charge in [-0.05, 0) is 43.3 Å². The van der Waals surface area contributed by atoms with E-state index >= 15 is 0 Å². The van der Waals surface area contributed by atoms with Crippen LogP contribution < -0.4 is 10.1 Å². The zero-order valence-electron chi connectivity index (χ0n) is 15.3. The number of amides is 1. The van der Waals surface area contributed by atoms with Crippen LogP contribution in [0.1, 0.15) is 17.3 Å². The minimum absolute atomic E-state index is 0.247. The first kappa shape index (κ1) is 17.6. The van der Waals surface area contributed by atoms with E-state index in [0.29, 0.717) is 29.4 Å². The molecule has 6 heteroatoms. The van der Waals surface area contributed by atoms with Gasteiger partial charge in [0.25, 0.3) is 5.91 Å². The van der Waals surface area contributed by atoms with Crippen molar-refractivity contribution < 1.29 is 9.53 Å². The van der Waals surface area contributed by atoms with Crippen molar-refractivity contribution in [2.45, 2.75) is 6.92 Å². The topological polar surface area (TPSA) is 77.0 Å².